The Morgan fingerprint density at radius 2 is 1.20 bits per heavy atom. The number of fused-ring (bicyclic) bond motifs is 14. The summed E-state index contributed by atoms with van der Waals surface area (Å²) < 4.78 is 0. The van der Waals surface area contributed by atoms with Gasteiger partial charge in [-0.05, 0) is 93.5 Å². The van der Waals surface area contributed by atoms with Crippen LogP contribution in [-0.2, 0) is 5.41 Å². The molecule has 13 rings (SSSR count). The maximum Gasteiger partial charge on any atom is 0.0945 e. The van der Waals surface area contributed by atoms with E-state index in [-0.39, 0.29) is 0 Å². The standard InChI is InChI=1S/C55H33N5S/c1-2-18-39(38(17-1)40-20-8-12-34-14-10-30-57-51(34)40)46-27-25-45-53(59-46)52-44(22-11-31-58-52)55(45)42-21-4-3-19-41(42)50-43(55)26-28-48-54(50)61-49-24-6-5-23-47(49)60(48)37-16-7-13-35(32-37)36-15-9-29-56-33-36/h1-33H. The molecule has 3 aliphatic rings. The minimum absolute atomic E-state index is 0.604. The molecule has 1 spiro atoms. The topological polar surface area (TPSA) is 54.8 Å². The van der Waals surface area contributed by atoms with Gasteiger partial charge in [-0.1, -0.05) is 133 Å². The van der Waals surface area contributed by atoms with Crippen LogP contribution in [0.5, 0.6) is 0 Å². The summed E-state index contributed by atoms with van der Waals surface area (Å²) in [4.78, 5) is 24.9. The average molecular weight is 796 g/mol. The molecule has 5 nitrogen and oxygen atoms in total. The second kappa shape index (κ2) is 13.2. The molecular formula is C55H33N5S. The van der Waals surface area contributed by atoms with Gasteiger partial charge in [0.1, 0.15) is 0 Å². The highest BCUT2D eigenvalue weighted by molar-refractivity contribution is 8.00. The fourth-order valence-electron chi connectivity index (χ4n) is 10.2. The maximum atomic E-state index is 5.60. The summed E-state index contributed by atoms with van der Waals surface area (Å²) in [6, 6.07) is 63.3. The molecule has 2 aliphatic carbocycles. The molecule has 0 radical (unpaired) electrons. The molecule has 5 heterocycles. The Hall–Kier alpha value is -7.67. The van der Waals surface area contributed by atoms with Gasteiger partial charge in [-0.25, -0.2) is 4.98 Å². The predicted molar refractivity (Wildman–Crippen MR) is 247 cm³/mol. The number of rotatable bonds is 4. The summed E-state index contributed by atoms with van der Waals surface area (Å²) in [6.07, 6.45) is 7.53. The van der Waals surface area contributed by atoms with Crippen molar-refractivity contribution >= 4 is 39.7 Å². The second-order valence-electron chi connectivity index (χ2n) is 15.7. The van der Waals surface area contributed by atoms with E-state index >= 15 is 0 Å². The molecule has 284 valence electrons. The van der Waals surface area contributed by atoms with Crippen molar-refractivity contribution in [3.8, 4) is 56.0 Å². The number of hydrogen-bond acceptors (Lipinski definition) is 6. The number of benzene rings is 6. The number of nitrogens with zero attached hydrogens (tertiary/aromatic N) is 5. The van der Waals surface area contributed by atoms with Gasteiger partial charge in [0, 0.05) is 67.9 Å². The molecule has 0 bridgehead atoms. The molecule has 0 saturated heterocycles. The van der Waals surface area contributed by atoms with Crippen molar-refractivity contribution < 1.29 is 0 Å². The predicted octanol–water partition coefficient (Wildman–Crippen LogP) is 13.7. The summed E-state index contributed by atoms with van der Waals surface area (Å²) in [5.41, 5.74) is 19.4. The number of pyridine rings is 4. The SMILES string of the molecule is c1cncc(-c2cccc(N3c4ccccc4Sc4c3ccc3c4-c4ccccc4C34c3cccnc3-c3nc(-c5ccccc5-c5cccc6cccnc56)ccc34)c2)c1. The van der Waals surface area contributed by atoms with E-state index in [1.807, 2.05) is 48.7 Å². The van der Waals surface area contributed by atoms with Gasteiger partial charge in [-0.15, -0.1) is 0 Å². The van der Waals surface area contributed by atoms with E-state index in [2.05, 4.69) is 174 Å². The molecule has 6 heteroatoms. The van der Waals surface area contributed by atoms with Crippen LogP contribution in [0, 0.1) is 0 Å². The van der Waals surface area contributed by atoms with Gasteiger partial charge in [-0.2, -0.15) is 0 Å². The first-order valence-electron chi connectivity index (χ1n) is 20.5. The molecule has 61 heavy (non-hydrogen) atoms. The number of anilines is 3. The smallest absolute Gasteiger partial charge is 0.0945 e. The molecule has 1 aliphatic heterocycles. The summed E-state index contributed by atoms with van der Waals surface area (Å²) in [5, 5.41) is 1.11. The molecule has 0 saturated carbocycles. The van der Waals surface area contributed by atoms with E-state index in [0.29, 0.717) is 0 Å². The monoisotopic (exact) mass is 795 g/mol. The van der Waals surface area contributed by atoms with Gasteiger partial charge in [0.05, 0.1) is 39.4 Å². The average Bonchev–Trinajstić information content (AvgIpc) is 3.80. The van der Waals surface area contributed by atoms with Crippen molar-refractivity contribution in [1.82, 2.24) is 19.9 Å². The fourth-order valence-corrected chi connectivity index (χ4v) is 11.4. The summed E-state index contributed by atoms with van der Waals surface area (Å²) >= 11 is 1.87. The molecule has 4 aromatic heterocycles. The molecule has 0 fully saturated rings. The Bertz CT molecular complexity index is 3430. The van der Waals surface area contributed by atoms with Gasteiger partial charge in [0.2, 0.25) is 0 Å². The molecule has 6 aromatic carbocycles. The molecule has 10 aromatic rings. The second-order valence-corrected chi connectivity index (χ2v) is 16.8. The number of para-hydroxylation sites is 2. The number of aromatic nitrogens is 4. The first kappa shape index (κ1) is 34.2. The van der Waals surface area contributed by atoms with Crippen molar-refractivity contribution in [2.45, 2.75) is 15.2 Å². The van der Waals surface area contributed by atoms with Crippen LogP contribution in [0.4, 0.5) is 17.1 Å². The fraction of sp³-hybridized carbons (Fsp3) is 0.0182. The zero-order valence-electron chi connectivity index (χ0n) is 32.7. The lowest BCUT2D eigenvalue weighted by Gasteiger charge is -2.35. The first-order valence-corrected chi connectivity index (χ1v) is 21.3. The van der Waals surface area contributed by atoms with E-state index in [1.54, 1.807) is 0 Å². The Morgan fingerprint density at radius 3 is 2.13 bits per heavy atom. The van der Waals surface area contributed by atoms with Crippen LogP contribution in [0.15, 0.2) is 211 Å². The van der Waals surface area contributed by atoms with Gasteiger partial charge in [-0.3, -0.25) is 15.0 Å². The molecule has 0 N–H and O–H groups in total. The minimum Gasteiger partial charge on any atom is -0.308 e. The van der Waals surface area contributed by atoms with Crippen molar-refractivity contribution in [2.24, 2.45) is 0 Å². The lowest BCUT2D eigenvalue weighted by Crippen LogP contribution is -2.26. The third-order valence-electron chi connectivity index (χ3n) is 12.7. The van der Waals surface area contributed by atoms with Crippen molar-refractivity contribution in [1.29, 1.82) is 0 Å². The van der Waals surface area contributed by atoms with Crippen LogP contribution >= 0.6 is 11.8 Å². The summed E-state index contributed by atoms with van der Waals surface area (Å²) in [7, 11) is 0. The van der Waals surface area contributed by atoms with Crippen molar-refractivity contribution in [3.05, 3.63) is 223 Å². The van der Waals surface area contributed by atoms with Crippen molar-refractivity contribution in [3.63, 3.8) is 0 Å². The third-order valence-corrected chi connectivity index (χ3v) is 13.8. The summed E-state index contributed by atoms with van der Waals surface area (Å²) in [6.45, 7) is 0. The minimum atomic E-state index is -0.604. The lowest BCUT2D eigenvalue weighted by molar-refractivity contribution is 0.788. The van der Waals surface area contributed by atoms with Crippen molar-refractivity contribution in [2.75, 3.05) is 4.90 Å². The Kier molecular flexibility index (Phi) is 7.39. The normalized spacial score (nSPS) is 15.2. The zero-order chi connectivity index (χ0) is 40.1. The molecular weight excluding hydrogens is 763 g/mol. The Balaban J connectivity index is 1.03. The Morgan fingerprint density at radius 1 is 0.475 bits per heavy atom. The van der Waals surface area contributed by atoms with Crippen LogP contribution in [0.25, 0.3) is 66.9 Å². The van der Waals surface area contributed by atoms with Gasteiger partial charge in [0.25, 0.3) is 0 Å². The zero-order valence-corrected chi connectivity index (χ0v) is 33.5. The van der Waals surface area contributed by atoms with Gasteiger partial charge in [0.15, 0.2) is 0 Å². The lowest BCUT2D eigenvalue weighted by atomic mass is 9.71. The quantitative estimate of drug-likeness (QED) is 0.177. The van der Waals surface area contributed by atoms with Crippen LogP contribution in [0.1, 0.15) is 22.3 Å². The Labute approximate surface area is 357 Å². The maximum absolute atomic E-state index is 5.60. The first-order chi connectivity index (χ1) is 30.3. The van der Waals surface area contributed by atoms with Crippen LogP contribution in [0.2, 0.25) is 0 Å². The van der Waals surface area contributed by atoms with Crippen LogP contribution in [-0.4, -0.2) is 19.9 Å². The largest absolute Gasteiger partial charge is 0.308 e. The molecule has 1 atom stereocenters. The van der Waals surface area contributed by atoms with Gasteiger partial charge >= 0.3 is 0 Å². The highest BCUT2D eigenvalue weighted by atomic mass is 32.2. The van der Waals surface area contributed by atoms with Crippen LogP contribution in [0.3, 0.4) is 0 Å². The highest BCUT2D eigenvalue weighted by Crippen LogP contribution is 2.66. The molecule has 1 unspecified atom stereocenters. The highest BCUT2D eigenvalue weighted by Gasteiger charge is 2.54. The number of hydrogen-bond donors (Lipinski definition) is 0. The van der Waals surface area contributed by atoms with E-state index in [9.17, 15) is 0 Å². The third kappa shape index (κ3) is 4.85. The van der Waals surface area contributed by atoms with E-state index < -0.39 is 5.41 Å². The van der Waals surface area contributed by atoms with Gasteiger partial charge < -0.3 is 4.90 Å². The molecule has 0 amide bonds. The summed E-state index contributed by atoms with van der Waals surface area (Å²) in [5.74, 6) is 0. The van der Waals surface area contributed by atoms with E-state index in [0.717, 1.165) is 78.3 Å². The van der Waals surface area contributed by atoms with Crippen LogP contribution < -0.4 is 4.90 Å². The van der Waals surface area contributed by atoms with E-state index in [1.165, 1.54) is 37.7 Å². The van der Waals surface area contributed by atoms with E-state index in [4.69, 9.17) is 15.0 Å².